The van der Waals surface area contributed by atoms with Crippen LogP contribution in [-0.4, -0.2) is 101 Å². The molecule has 208 valence electrons. The molecule has 2 aromatic carbocycles. The Labute approximate surface area is 218 Å². The van der Waals surface area contributed by atoms with Gasteiger partial charge < -0.3 is 54.3 Å². The van der Waals surface area contributed by atoms with Crippen LogP contribution in [0.1, 0.15) is 17.2 Å². The third kappa shape index (κ3) is 7.20. The summed E-state index contributed by atoms with van der Waals surface area (Å²) in [6, 6.07) is 11.6. The van der Waals surface area contributed by atoms with Crippen LogP contribution in [0.15, 0.2) is 48.5 Å². The number of hydrogen-bond donors (Lipinski definition) is 6. The fraction of sp³-hybridized carbons (Fsp3) is 0.423. The van der Waals surface area contributed by atoms with Gasteiger partial charge in [-0.15, -0.1) is 0 Å². The van der Waals surface area contributed by atoms with E-state index in [2.05, 4.69) is 0 Å². The predicted molar refractivity (Wildman–Crippen MR) is 131 cm³/mol. The van der Waals surface area contributed by atoms with Crippen LogP contribution in [0.25, 0.3) is 6.08 Å². The van der Waals surface area contributed by atoms with Crippen molar-refractivity contribution in [1.82, 2.24) is 0 Å². The summed E-state index contributed by atoms with van der Waals surface area (Å²) >= 11 is 0. The molecule has 1 fully saturated rings. The molecule has 1 aliphatic rings. The van der Waals surface area contributed by atoms with E-state index in [0.29, 0.717) is 0 Å². The average Bonchev–Trinajstić information content (AvgIpc) is 2.94. The van der Waals surface area contributed by atoms with E-state index in [9.17, 15) is 35.4 Å². The van der Waals surface area contributed by atoms with E-state index in [1.807, 2.05) is 6.07 Å². The van der Waals surface area contributed by atoms with Gasteiger partial charge in [0.15, 0.2) is 17.8 Å². The van der Waals surface area contributed by atoms with Gasteiger partial charge in [-0.25, -0.2) is 4.79 Å². The molecular formula is C26H32O12. The summed E-state index contributed by atoms with van der Waals surface area (Å²) in [5, 5.41) is 61.8. The first-order valence-corrected chi connectivity index (χ1v) is 11.7. The number of phenols is 1. The number of aromatic hydroxyl groups is 1. The highest BCUT2D eigenvalue weighted by atomic mass is 16.7. The molecule has 12 heteroatoms. The summed E-state index contributed by atoms with van der Waals surface area (Å²) in [7, 11) is 2.61. The normalized spacial score (nSPS) is 25.1. The summed E-state index contributed by atoms with van der Waals surface area (Å²) in [4.78, 5) is 12.0. The molecule has 12 nitrogen and oxygen atoms in total. The number of carbonyl (C=O) groups is 1. The molecule has 0 radical (unpaired) electrons. The first kappa shape index (κ1) is 29.3. The second-order valence-corrected chi connectivity index (χ2v) is 8.51. The predicted octanol–water partition coefficient (Wildman–Crippen LogP) is -0.116. The van der Waals surface area contributed by atoms with Crippen LogP contribution in [0.4, 0.5) is 0 Å². The zero-order chi connectivity index (χ0) is 27.8. The largest absolute Gasteiger partial charge is 0.502 e. The van der Waals surface area contributed by atoms with E-state index in [1.54, 1.807) is 24.3 Å². The third-order valence-corrected chi connectivity index (χ3v) is 5.91. The lowest BCUT2D eigenvalue weighted by molar-refractivity contribution is -0.306. The van der Waals surface area contributed by atoms with Crippen LogP contribution in [0.5, 0.6) is 17.2 Å². The Bertz CT molecular complexity index is 1050. The molecule has 0 aromatic heterocycles. The number of phenolic OH excluding ortho intramolecular Hbond substituents is 1. The SMILES string of the molecule is COc1cc([C@H](O)[C@@H](O)CO[C@@H]2O[C@@H](COC(=O)/C=C/c3ccccc3)[C@@H](O)[C@H](O)[C@H]2O)cc(OC)c1O. The lowest BCUT2D eigenvalue weighted by atomic mass is 9.99. The topological polar surface area (TPSA) is 185 Å². The molecule has 0 unspecified atom stereocenters. The molecule has 0 saturated carbocycles. The van der Waals surface area contributed by atoms with Crippen molar-refractivity contribution < 1.29 is 59.1 Å². The van der Waals surface area contributed by atoms with E-state index >= 15 is 0 Å². The van der Waals surface area contributed by atoms with Crippen LogP contribution in [0, 0.1) is 0 Å². The molecular weight excluding hydrogens is 504 g/mol. The van der Waals surface area contributed by atoms with Crippen LogP contribution in [0.3, 0.4) is 0 Å². The van der Waals surface area contributed by atoms with Crippen molar-refractivity contribution in [2.24, 2.45) is 0 Å². The standard InChI is InChI=1S/C26H32O12/c1-34-17-10-15(11-18(35-2)22(17)30)21(29)16(27)12-37-26-25(33)24(32)23(31)19(38-26)13-36-20(28)9-8-14-6-4-3-5-7-14/h3-11,16,19,21,23-27,29-33H,12-13H2,1-2H3/b9-8+/t16-,19-,21-,23+,24-,25+,26+/m0/s1. The number of aliphatic hydroxyl groups excluding tert-OH is 5. The summed E-state index contributed by atoms with van der Waals surface area (Å²) in [6.45, 7) is -1.02. The molecule has 7 atom stereocenters. The van der Waals surface area contributed by atoms with E-state index in [4.69, 9.17) is 23.7 Å². The molecule has 1 heterocycles. The highest BCUT2D eigenvalue weighted by Crippen LogP contribution is 2.39. The van der Waals surface area contributed by atoms with Crippen molar-refractivity contribution >= 4 is 12.0 Å². The Morgan fingerprint density at radius 3 is 2.24 bits per heavy atom. The van der Waals surface area contributed by atoms with E-state index in [0.717, 1.165) is 5.56 Å². The highest BCUT2D eigenvalue weighted by Gasteiger charge is 2.45. The maximum Gasteiger partial charge on any atom is 0.330 e. The zero-order valence-corrected chi connectivity index (χ0v) is 20.8. The molecule has 0 bridgehead atoms. The Morgan fingerprint density at radius 1 is 1.00 bits per heavy atom. The molecule has 1 saturated heterocycles. The summed E-state index contributed by atoms with van der Waals surface area (Å²) in [5.41, 5.74) is 0.914. The van der Waals surface area contributed by atoms with Crippen LogP contribution in [0.2, 0.25) is 0 Å². The fourth-order valence-corrected chi connectivity index (χ4v) is 3.72. The van der Waals surface area contributed by atoms with Gasteiger partial charge in [0.05, 0.1) is 20.8 Å². The quantitative estimate of drug-likeness (QED) is 0.166. The molecule has 6 N–H and O–H groups in total. The molecule has 0 amide bonds. The number of esters is 1. The van der Waals surface area contributed by atoms with Gasteiger partial charge in [-0.3, -0.25) is 0 Å². The minimum atomic E-state index is -1.70. The van der Waals surface area contributed by atoms with Gasteiger partial charge in [-0.05, 0) is 29.3 Å². The van der Waals surface area contributed by atoms with Gasteiger partial charge in [-0.1, -0.05) is 30.3 Å². The van der Waals surface area contributed by atoms with Crippen molar-refractivity contribution in [2.45, 2.75) is 42.9 Å². The van der Waals surface area contributed by atoms with Gasteiger partial charge in [0.1, 0.15) is 43.2 Å². The van der Waals surface area contributed by atoms with Gasteiger partial charge in [0.2, 0.25) is 5.75 Å². The third-order valence-electron chi connectivity index (χ3n) is 5.91. The highest BCUT2D eigenvalue weighted by molar-refractivity contribution is 5.87. The number of rotatable bonds is 11. The van der Waals surface area contributed by atoms with Crippen molar-refractivity contribution in [2.75, 3.05) is 27.4 Å². The molecule has 0 spiro atoms. The Hall–Kier alpha value is -3.23. The number of benzene rings is 2. The average molecular weight is 537 g/mol. The van der Waals surface area contributed by atoms with Gasteiger partial charge >= 0.3 is 5.97 Å². The van der Waals surface area contributed by atoms with Crippen molar-refractivity contribution in [3.8, 4) is 17.2 Å². The minimum absolute atomic E-state index is 0.00525. The van der Waals surface area contributed by atoms with Gasteiger partial charge in [-0.2, -0.15) is 0 Å². The second kappa shape index (κ2) is 13.5. The van der Waals surface area contributed by atoms with E-state index in [-0.39, 0.29) is 22.8 Å². The fourth-order valence-electron chi connectivity index (χ4n) is 3.72. The Balaban J connectivity index is 1.58. The van der Waals surface area contributed by atoms with Crippen molar-refractivity contribution in [3.63, 3.8) is 0 Å². The van der Waals surface area contributed by atoms with E-state index in [1.165, 1.54) is 38.5 Å². The number of hydrogen-bond acceptors (Lipinski definition) is 12. The maximum atomic E-state index is 12.0. The molecule has 3 rings (SSSR count). The molecule has 2 aromatic rings. The monoisotopic (exact) mass is 536 g/mol. The molecule has 38 heavy (non-hydrogen) atoms. The lowest BCUT2D eigenvalue weighted by Crippen LogP contribution is -2.59. The van der Waals surface area contributed by atoms with Crippen LogP contribution in [-0.2, 0) is 19.0 Å². The second-order valence-electron chi connectivity index (χ2n) is 8.51. The van der Waals surface area contributed by atoms with Crippen LogP contribution >= 0.6 is 0 Å². The van der Waals surface area contributed by atoms with Crippen LogP contribution < -0.4 is 9.47 Å². The number of aliphatic hydroxyl groups is 5. The van der Waals surface area contributed by atoms with Crippen molar-refractivity contribution in [1.29, 1.82) is 0 Å². The Kier molecular flexibility index (Phi) is 10.4. The lowest BCUT2D eigenvalue weighted by Gasteiger charge is -2.40. The van der Waals surface area contributed by atoms with Gasteiger partial charge in [0, 0.05) is 6.08 Å². The number of carbonyl (C=O) groups excluding carboxylic acids is 1. The zero-order valence-electron chi connectivity index (χ0n) is 20.8. The number of methoxy groups -OCH3 is 2. The molecule has 1 aliphatic heterocycles. The molecule has 0 aliphatic carbocycles. The minimum Gasteiger partial charge on any atom is -0.502 e. The number of ether oxygens (including phenoxy) is 5. The summed E-state index contributed by atoms with van der Waals surface area (Å²) in [6.07, 6.45) is -8.12. The van der Waals surface area contributed by atoms with E-state index < -0.39 is 62.1 Å². The summed E-state index contributed by atoms with van der Waals surface area (Å²) in [5.74, 6) is -0.998. The Morgan fingerprint density at radius 2 is 1.63 bits per heavy atom. The summed E-state index contributed by atoms with van der Waals surface area (Å²) < 4.78 is 26.0. The van der Waals surface area contributed by atoms with Gasteiger partial charge in [0.25, 0.3) is 0 Å². The smallest absolute Gasteiger partial charge is 0.330 e. The van der Waals surface area contributed by atoms with Crippen molar-refractivity contribution in [3.05, 3.63) is 59.7 Å². The maximum absolute atomic E-state index is 12.0. The first-order chi connectivity index (χ1) is 18.2. The first-order valence-electron chi connectivity index (χ1n) is 11.7.